The van der Waals surface area contributed by atoms with E-state index in [0.717, 1.165) is 17.2 Å². The Labute approximate surface area is 223 Å². The van der Waals surface area contributed by atoms with Gasteiger partial charge in [-0.05, 0) is 41.3 Å². The van der Waals surface area contributed by atoms with Crippen LogP contribution in [0.2, 0.25) is 0 Å². The molecule has 4 rings (SSSR count). The van der Waals surface area contributed by atoms with E-state index < -0.39 is 35.4 Å². The highest BCUT2D eigenvalue weighted by atomic mass is 19.4. The Morgan fingerprint density at radius 3 is 2.31 bits per heavy atom. The molecule has 7 nitrogen and oxygen atoms in total. The summed E-state index contributed by atoms with van der Waals surface area (Å²) in [6.07, 6.45) is -3.94. The molecule has 200 valence electrons. The van der Waals surface area contributed by atoms with Gasteiger partial charge in [-0.15, -0.1) is 0 Å². The first-order chi connectivity index (χ1) is 18.4. The fraction of sp³-hybridized carbons (Fsp3) is 0.207. The Hall–Kier alpha value is -4.62. The molecule has 4 aromatic rings. The summed E-state index contributed by atoms with van der Waals surface area (Å²) in [5.41, 5.74) is 6.26. The summed E-state index contributed by atoms with van der Waals surface area (Å²) in [5, 5.41) is 9.16. The topological polar surface area (TPSA) is 94.7 Å². The minimum absolute atomic E-state index is 0.0697. The van der Waals surface area contributed by atoms with Gasteiger partial charge in [0.2, 0.25) is 5.69 Å². The van der Waals surface area contributed by atoms with Gasteiger partial charge in [0.05, 0.1) is 36.0 Å². The molecule has 0 aliphatic heterocycles. The van der Waals surface area contributed by atoms with Crippen LogP contribution in [0.3, 0.4) is 0 Å². The zero-order valence-corrected chi connectivity index (χ0v) is 21.2. The second-order valence-corrected chi connectivity index (χ2v) is 9.35. The van der Waals surface area contributed by atoms with E-state index in [0.29, 0.717) is 5.56 Å². The van der Waals surface area contributed by atoms with Gasteiger partial charge in [-0.25, -0.2) is 9.83 Å². The number of benzene rings is 3. The highest BCUT2D eigenvalue weighted by Gasteiger charge is 2.37. The minimum atomic E-state index is -4.81. The van der Waals surface area contributed by atoms with E-state index in [9.17, 15) is 18.0 Å². The van der Waals surface area contributed by atoms with Crippen LogP contribution in [0.1, 0.15) is 30.3 Å². The predicted molar refractivity (Wildman–Crippen MR) is 140 cm³/mol. The van der Waals surface area contributed by atoms with Gasteiger partial charge >= 0.3 is 12.1 Å². The first-order valence-corrected chi connectivity index (χ1v) is 11.8. The number of aromatic nitrogens is 2. The van der Waals surface area contributed by atoms with Gasteiger partial charge in [-0.2, -0.15) is 13.2 Å². The zero-order chi connectivity index (χ0) is 28.4. The number of alkyl halides is 3. The van der Waals surface area contributed by atoms with E-state index >= 15 is 0 Å². The Kier molecular flexibility index (Phi) is 7.47. The minimum Gasteiger partial charge on any atom is -0.499 e. The number of imidazole rings is 1. The summed E-state index contributed by atoms with van der Waals surface area (Å²) < 4.78 is 49.6. The van der Waals surface area contributed by atoms with Crippen LogP contribution in [0.25, 0.3) is 27.2 Å². The molecule has 1 atom stereocenters. The predicted octanol–water partition coefficient (Wildman–Crippen LogP) is 6.55. The first-order valence-electron chi connectivity index (χ1n) is 11.8. The maximum atomic E-state index is 14.2. The molecule has 0 radical (unpaired) electrons. The van der Waals surface area contributed by atoms with Crippen molar-refractivity contribution in [1.29, 1.82) is 0 Å². The van der Waals surface area contributed by atoms with Gasteiger partial charge < -0.3 is 20.1 Å². The maximum absolute atomic E-state index is 14.2. The average Bonchev–Trinajstić information content (AvgIpc) is 3.28. The molecule has 1 heterocycles. The number of hydrogen-bond acceptors (Lipinski definition) is 4. The molecule has 3 aromatic carbocycles. The van der Waals surface area contributed by atoms with E-state index in [1.54, 1.807) is 12.1 Å². The van der Waals surface area contributed by atoms with Crippen molar-refractivity contribution in [1.82, 2.24) is 9.55 Å². The molecule has 0 amide bonds. The van der Waals surface area contributed by atoms with Crippen LogP contribution >= 0.6 is 0 Å². The van der Waals surface area contributed by atoms with Crippen molar-refractivity contribution < 1.29 is 27.8 Å². The van der Waals surface area contributed by atoms with Crippen molar-refractivity contribution in [2.45, 2.75) is 31.7 Å². The molecule has 0 aliphatic rings. The van der Waals surface area contributed by atoms with Crippen molar-refractivity contribution in [3.05, 3.63) is 101 Å². The average molecular weight is 535 g/mol. The Morgan fingerprint density at radius 2 is 1.72 bits per heavy atom. The Bertz CT molecular complexity index is 1540. The lowest BCUT2D eigenvalue weighted by Crippen LogP contribution is -2.38. The third-order valence-electron chi connectivity index (χ3n) is 6.25. The third kappa shape index (κ3) is 5.94. The highest BCUT2D eigenvalue weighted by molar-refractivity contribution is 5.74. The lowest BCUT2D eigenvalue weighted by atomic mass is 9.98. The smallest absolute Gasteiger partial charge is 0.418 e. The molecule has 0 fully saturated rings. The highest BCUT2D eigenvalue weighted by Crippen LogP contribution is 2.45. The van der Waals surface area contributed by atoms with Crippen LogP contribution < -0.4 is 10.5 Å². The van der Waals surface area contributed by atoms with Crippen molar-refractivity contribution in [3.63, 3.8) is 0 Å². The monoisotopic (exact) mass is 534 g/mol. The van der Waals surface area contributed by atoms with E-state index in [1.165, 1.54) is 30.8 Å². The van der Waals surface area contributed by atoms with Crippen molar-refractivity contribution >= 4 is 11.7 Å². The van der Waals surface area contributed by atoms with Crippen molar-refractivity contribution in [3.8, 4) is 28.1 Å². The van der Waals surface area contributed by atoms with Crippen LogP contribution in [0.4, 0.5) is 18.9 Å². The van der Waals surface area contributed by atoms with Crippen molar-refractivity contribution in [2.75, 3.05) is 0 Å². The summed E-state index contributed by atoms with van der Waals surface area (Å²) in [6.45, 7) is 8.86. The quantitative estimate of drug-likeness (QED) is 0.250. The molecule has 3 N–H and O–H groups in total. The lowest BCUT2D eigenvalue weighted by molar-refractivity contribution is -0.139. The zero-order valence-electron chi connectivity index (χ0n) is 21.2. The number of nitrogens with two attached hydrogens (primary N) is 1. The standard InChI is InChI=1S/C29H25F3N4O3/c1-28(33,15-25(37)38)27-35-16-24(36(27)3)21-13-22(29(30,31)32)26(23(14-21)34-2)39-17-18-9-11-20(12-10-18)19-7-5-4-6-8-19/h4-14,16H,15,17,33H2,1,3H3,(H,37,38)/t28-/m0/s1. The number of rotatable bonds is 8. The number of hydrogen-bond donors (Lipinski definition) is 2. The molecule has 0 spiro atoms. The normalized spacial score (nSPS) is 12.9. The fourth-order valence-electron chi connectivity index (χ4n) is 4.39. The lowest BCUT2D eigenvalue weighted by Gasteiger charge is -2.23. The van der Waals surface area contributed by atoms with Crippen LogP contribution in [-0.2, 0) is 30.2 Å². The van der Waals surface area contributed by atoms with Crippen molar-refractivity contribution in [2.24, 2.45) is 12.8 Å². The van der Waals surface area contributed by atoms with E-state index in [4.69, 9.17) is 22.1 Å². The van der Waals surface area contributed by atoms with E-state index in [-0.39, 0.29) is 29.4 Å². The van der Waals surface area contributed by atoms with Gasteiger partial charge in [0.15, 0.2) is 0 Å². The molecule has 0 bridgehead atoms. The molecule has 10 heteroatoms. The molecule has 0 saturated carbocycles. The molecule has 0 aliphatic carbocycles. The summed E-state index contributed by atoms with van der Waals surface area (Å²) >= 11 is 0. The second-order valence-electron chi connectivity index (χ2n) is 9.35. The molecular weight excluding hydrogens is 509 g/mol. The van der Waals surface area contributed by atoms with E-state index in [1.807, 2.05) is 42.5 Å². The summed E-state index contributed by atoms with van der Waals surface area (Å²) in [6, 6.07) is 19.1. The van der Waals surface area contributed by atoms with E-state index in [2.05, 4.69) is 9.83 Å². The number of ether oxygens (including phenoxy) is 1. The molecule has 39 heavy (non-hydrogen) atoms. The Morgan fingerprint density at radius 1 is 1.08 bits per heavy atom. The molecule has 0 saturated heterocycles. The van der Waals surface area contributed by atoms with Gasteiger partial charge in [-0.3, -0.25) is 4.79 Å². The summed E-state index contributed by atoms with van der Waals surface area (Å²) in [5.74, 6) is -1.53. The molecule has 0 unspecified atom stereocenters. The third-order valence-corrected chi connectivity index (χ3v) is 6.25. The Balaban J connectivity index is 1.67. The van der Waals surface area contributed by atoms with Gasteiger partial charge in [0, 0.05) is 7.05 Å². The largest absolute Gasteiger partial charge is 0.499 e. The number of carboxylic acid groups (broad SMARTS) is 1. The van der Waals surface area contributed by atoms with Gasteiger partial charge in [-0.1, -0.05) is 54.6 Å². The van der Waals surface area contributed by atoms with Crippen LogP contribution in [0, 0.1) is 6.57 Å². The van der Waals surface area contributed by atoms with Crippen LogP contribution in [-0.4, -0.2) is 20.6 Å². The molecule has 1 aromatic heterocycles. The summed E-state index contributed by atoms with van der Waals surface area (Å²) in [7, 11) is 1.53. The van der Waals surface area contributed by atoms with Crippen LogP contribution in [0.15, 0.2) is 72.9 Å². The summed E-state index contributed by atoms with van der Waals surface area (Å²) in [4.78, 5) is 18.7. The first kappa shape index (κ1) is 27.4. The number of carboxylic acids is 1. The van der Waals surface area contributed by atoms with Crippen LogP contribution in [0.5, 0.6) is 5.75 Å². The number of halogens is 3. The number of aliphatic carboxylic acids is 1. The maximum Gasteiger partial charge on any atom is 0.418 e. The number of nitrogens with zero attached hydrogens (tertiary/aromatic N) is 3. The van der Waals surface area contributed by atoms with Gasteiger partial charge in [0.25, 0.3) is 0 Å². The SMILES string of the molecule is [C-]#[N+]c1cc(-c2cnc([C@@](C)(N)CC(=O)O)n2C)cc(C(F)(F)F)c1OCc1ccc(-c2ccccc2)cc1. The fourth-order valence-corrected chi connectivity index (χ4v) is 4.39. The second kappa shape index (κ2) is 10.6. The number of carbonyl (C=O) groups is 1. The van der Waals surface area contributed by atoms with Gasteiger partial charge in [0.1, 0.15) is 18.2 Å². The molecular formula is C29H25F3N4O3.